The molecule has 6 heteroatoms. The van der Waals surface area contributed by atoms with E-state index in [2.05, 4.69) is 31.3 Å². The predicted molar refractivity (Wildman–Crippen MR) is 329 cm³/mol. The van der Waals surface area contributed by atoms with Crippen molar-refractivity contribution in [1.82, 2.24) is 5.32 Å². The number of nitrogens with one attached hydrogen (secondary N) is 1. The van der Waals surface area contributed by atoms with Crippen molar-refractivity contribution in [2.75, 3.05) is 13.2 Å². The molecule has 0 aromatic heterocycles. The lowest BCUT2D eigenvalue weighted by molar-refractivity contribution is -0.143. The molecule has 0 aliphatic carbocycles. The number of carbonyl (C=O) groups excluding carboxylic acids is 2. The number of hydrogen-bond acceptors (Lipinski definition) is 5. The Bertz CT molecular complexity index is 1170. The quantitative estimate of drug-likeness (QED) is 0.0320. The number of amides is 1. The molecule has 0 heterocycles. The van der Waals surface area contributed by atoms with Crippen molar-refractivity contribution in [3.05, 3.63) is 24.3 Å². The first-order chi connectivity index (χ1) is 37.0. The molecule has 3 N–H and O–H groups in total. The molecular formula is C69H133NO5. The van der Waals surface area contributed by atoms with Gasteiger partial charge < -0.3 is 20.3 Å². The molecule has 0 rings (SSSR count). The summed E-state index contributed by atoms with van der Waals surface area (Å²) in [5.74, 6) is -0.0498. The second-order valence-corrected chi connectivity index (χ2v) is 23.5. The molecule has 444 valence electrons. The zero-order chi connectivity index (χ0) is 54.3. The summed E-state index contributed by atoms with van der Waals surface area (Å²) in [7, 11) is 0. The van der Waals surface area contributed by atoms with E-state index in [1.807, 2.05) is 6.08 Å². The highest BCUT2D eigenvalue weighted by molar-refractivity contribution is 5.76. The Hall–Kier alpha value is -1.66. The van der Waals surface area contributed by atoms with Gasteiger partial charge in [-0.15, -0.1) is 0 Å². The van der Waals surface area contributed by atoms with E-state index in [0.717, 1.165) is 44.9 Å². The topological polar surface area (TPSA) is 95.9 Å². The van der Waals surface area contributed by atoms with Gasteiger partial charge in [-0.25, -0.2) is 0 Å². The molecule has 0 aromatic carbocycles. The molecule has 0 aliphatic heterocycles. The van der Waals surface area contributed by atoms with Crippen LogP contribution in [0.25, 0.3) is 0 Å². The van der Waals surface area contributed by atoms with E-state index in [1.54, 1.807) is 6.08 Å². The third kappa shape index (κ3) is 61.4. The van der Waals surface area contributed by atoms with Crippen molar-refractivity contribution in [1.29, 1.82) is 0 Å². The van der Waals surface area contributed by atoms with Crippen molar-refractivity contribution in [3.63, 3.8) is 0 Å². The van der Waals surface area contributed by atoms with Crippen LogP contribution in [-0.4, -0.2) is 47.4 Å². The number of ether oxygens (including phenoxy) is 1. The fourth-order valence-electron chi connectivity index (χ4n) is 10.7. The summed E-state index contributed by atoms with van der Waals surface area (Å²) in [6, 6.07) is -0.622. The van der Waals surface area contributed by atoms with Crippen LogP contribution in [0, 0.1) is 0 Å². The van der Waals surface area contributed by atoms with Crippen molar-refractivity contribution < 1.29 is 24.5 Å². The van der Waals surface area contributed by atoms with Crippen LogP contribution in [-0.2, 0) is 14.3 Å². The van der Waals surface area contributed by atoms with Gasteiger partial charge in [0.05, 0.1) is 25.4 Å². The number of aliphatic hydroxyl groups is 2. The van der Waals surface area contributed by atoms with Gasteiger partial charge in [-0.2, -0.15) is 0 Å². The summed E-state index contributed by atoms with van der Waals surface area (Å²) in [4.78, 5) is 24.5. The van der Waals surface area contributed by atoms with Gasteiger partial charge in [0.15, 0.2) is 0 Å². The SMILES string of the molecule is CCCCCC/C=C\CCCCCCCC(=O)OCCCCCCCCCCCCCCCCCCCCCCCCCCCCCCCCCCCC(=O)NC(CO)C(O)/C=C/CCCCCCCCCCCC. The summed E-state index contributed by atoms with van der Waals surface area (Å²) in [6.07, 6.45) is 81.2. The number of allylic oxidation sites excluding steroid dienone is 3. The molecule has 0 aliphatic rings. The van der Waals surface area contributed by atoms with Crippen LogP contribution in [0.2, 0.25) is 0 Å². The molecule has 6 nitrogen and oxygen atoms in total. The number of hydrogen-bond donors (Lipinski definition) is 3. The fraction of sp³-hybridized carbons (Fsp3) is 0.913. The summed E-state index contributed by atoms with van der Waals surface area (Å²) in [5, 5.41) is 23.1. The number of unbranched alkanes of at least 4 members (excludes halogenated alkanes) is 51. The third-order valence-corrected chi connectivity index (χ3v) is 16.0. The molecule has 2 unspecified atom stereocenters. The van der Waals surface area contributed by atoms with E-state index < -0.39 is 12.1 Å². The van der Waals surface area contributed by atoms with Crippen LogP contribution >= 0.6 is 0 Å². The molecule has 2 atom stereocenters. The normalized spacial score (nSPS) is 12.6. The van der Waals surface area contributed by atoms with Gasteiger partial charge in [0.1, 0.15) is 0 Å². The average molecular weight is 1060 g/mol. The van der Waals surface area contributed by atoms with E-state index >= 15 is 0 Å². The number of aliphatic hydroxyl groups excluding tert-OH is 2. The number of rotatable bonds is 64. The van der Waals surface area contributed by atoms with Crippen molar-refractivity contribution in [2.45, 2.75) is 392 Å². The fourth-order valence-corrected chi connectivity index (χ4v) is 10.7. The molecule has 0 bridgehead atoms. The summed E-state index contributed by atoms with van der Waals surface area (Å²) < 4.78 is 5.48. The van der Waals surface area contributed by atoms with Crippen molar-refractivity contribution in [2.24, 2.45) is 0 Å². The van der Waals surface area contributed by atoms with Crippen LogP contribution < -0.4 is 5.32 Å². The van der Waals surface area contributed by atoms with Gasteiger partial charge in [0, 0.05) is 12.8 Å². The minimum Gasteiger partial charge on any atom is -0.466 e. The van der Waals surface area contributed by atoms with Crippen LogP contribution in [0.5, 0.6) is 0 Å². The van der Waals surface area contributed by atoms with Gasteiger partial charge >= 0.3 is 5.97 Å². The van der Waals surface area contributed by atoms with Crippen LogP contribution in [0.3, 0.4) is 0 Å². The van der Waals surface area contributed by atoms with Crippen molar-refractivity contribution in [3.8, 4) is 0 Å². The average Bonchev–Trinajstić information content (AvgIpc) is 3.41. The molecule has 0 saturated carbocycles. The second kappa shape index (κ2) is 64.9. The Morgan fingerprint density at radius 3 is 0.960 bits per heavy atom. The van der Waals surface area contributed by atoms with E-state index in [1.165, 1.54) is 308 Å². The number of carbonyl (C=O) groups is 2. The lowest BCUT2D eigenvalue weighted by Gasteiger charge is -2.20. The molecule has 0 aromatic rings. The van der Waals surface area contributed by atoms with Crippen LogP contribution in [0.4, 0.5) is 0 Å². The minimum atomic E-state index is -0.839. The smallest absolute Gasteiger partial charge is 0.305 e. The largest absolute Gasteiger partial charge is 0.466 e. The Balaban J connectivity index is 3.31. The monoisotopic (exact) mass is 1060 g/mol. The zero-order valence-electron chi connectivity index (χ0n) is 50.8. The van der Waals surface area contributed by atoms with Gasteiger partial charge in [-0.1, -0.05) is 334 Å². The Morgan fingerprint density at radius 1 is 0.360 bits per heavy atom. The van der Waals surface area contributed by atoms with Crippen LogP contribution in [0.15, 0.2) is 24.3 Å². The van der Waals surface area contributed by atoms with Gasteiger partial charge in [0.25, 0.3) is 0 Å². The number of esters is 1. The summed E-state index contributed by atoms with van der Waals surface area (Å²) in [6.45, 7) is 4.90. The summed E-state index contributed by atoms with van der Waals surface area (Å²) in [5.41, 5.74) is 0. The van der Waals surface area contributed by atoms with Gasteiger partial charge in [0.2, 0.25) is 5.91 Å². The van der Waals surface area contributed by atoms with E-state index in [-0.39, 0.29) is 18.5 Å². The highest BCUT2D eigenvalue weighted by Gasteiger charge is 2.18. The van der Waals surface area contributed by atoms with E-state index in [0.29, 0.717) is 19.4 Å². The maximum Gasteiger partial charge on any atom is 0.305 e. The Morgan fingerprint density at radius 2 is 0.627 bits per heavy atom. The maximum absolute atomic E-state index is 12.4. The first kappa shape index (κ1) is 73.3. The Labute approximate surface area is 469 Å². The highest BCUT2D eigenvalue weighted by Crippen LogP contribution is 2.19. The molecule has 75 heavy (non-hydrogen) atoms. The minimum absolute atomic E-state index is 0.0125. The molecule has 1 amide bonds. The molecule has 0 spiro atoms. The van der Waals surface area contributed by atoms with Gasteiger partial charge in [-0.05, 0) is 57.8 Å². The van der Waals surface area contributed by atoms with E-state index in [9.17, 15) is 19.8 Å². The molecular weight excluding hydrogens is 923 g/mol. The highest BCUT2D eigenvalue weighted by atomic mass is 16.5. The molecule has 0 fully saturated rings. The zero-order valence-corrected chi connectivity index (χ0v) is 50.8. The first-order valence-corrected chi connectivity index (χ1v) is 34.1. The van der Waals surface area contributed by atoms with Crippen molar-refractivity contribution >= 4 is 11.9 Å². The van der Waals surface area contributed by atoms with E-state index in [4.69, 9.17) is 4.74 Å². The lowest BCUT2D eigenvalue weighted by atomic mass is 10.0. The lowest BCUT2D eigenvalue weighted by Crippen LogP contribution is -2.45. The first-order valence-electron chi connectivity index (χ1n) is 34.1. The summed E-state index contributed by atoms with van der Waals surface area (Å²) >= 11 is 0. The Kier molecular flexibility index (Phi) is 63.4. The van der Waals surface area contributed by atoms with Gasteiger partial charge in [-0.3, -0.25) is 9.59 Å². The molecule has 0 saturated heterocycles. The predicted octanol–water partition coefficient (Wildman–Crippen LogP) is 21.8. The molecule has 0 radical (unpaired) electrons. The second-order valence-electron chi connectivity index (χ2n) is 23.5. The van der Waals surface area contributed by atoms with Crippen LogP contribution in [0.1, 0.15) is 380 Å². The third-order valence-electron chi connectivity index (χ3n) is 16.0. The maximum atomic E-state index is 12.4. The standard InChI is InChI=1S/C69H133NO5/c1-3-5-7-9-11-13-15-38-43-47-51-55-59-63-69(74)75-64-60-56-52-48-44-40-37-35-33-31-29-27-25-23-21-19-17-18-20-22-24-26-28-30-32-34-36-39-42-46-50-54-58-62-68(73)70-66(65-71)67(72)61-57-53-49-45-41-16-14-12-10-8-6-4-2/h13,15,57,61,66-67,71-72H,3-12,14,16-56,58-60,62-65H2,1-2H3,(H,70,73)/b15-13-,61-57+.